The Morgan fingerprint density at radius 3 is 2.38 bits per heavy atom. The van der Waals surface area contributed by atoms with E-state index in [-0.39, 0.29) is 34.8 Å². The number of rotatable bonds is 6. The van der Waals surface area contributed by atoms with E-state index in [1.807, 2.05) is 42.5 Å². The first kappa shape index (κ1) is 30.8. The minimum atomic E-state index is -4.74. The molecule has 12 heteroatoms. The third kappa shape index (κ3) is 5.29. The van der Waals surface area contributed by atoms with E-state index in [1.165, 1.54) is 26.1 Å². The third-order valence-corrected chi connectivity index (χ3v) is 11.1. The van der Waals surface area contributed by atoms with Gasteiger partial charge in [-0.05, 0) is 59.4 Å². The van der Waals surface area contributed by atoms with Crippen LogP contribution in [0, 0.1) is 0 Å². The van der Waals surface area contributed by atoms with Crippen LogP contribution in [0.15, 0.2) is 76.6 Å². The number of aromatic nitrogens is 1. The number of anilines is 1. The van der Waals surface area contributed by atoms with Crippen molar-refractivity contribution in [1.82, 2.24) is 8.87 Å². The van der Waals surface area contributed by atoms with Crippen molar-refractivity contribution in [3.8, 4) is 11.1 Å². The number of carboxylic acid groups (broad SMARTS) is 1. The lowest BCUT2D eigenvalue weighted by Crippen LogP contribution is -2.53. The van der Waals surface area contributed by atoms with Crippen LogP contribution in [0.1, 0.15) is 55.3 Å². The quantitative estimate of drug-likeness (QED) is 0.257. The van der Waals surface area contributed by atoms with Gasteiger partial charge in [0.25, 0.3) is 15.6 Å². The van der Waals surface area contributed by atoms with E-state index in [4.69, 9.17) is 0 Å². The van der Waals surface area contributed by atoms with E-state index in [9.17, 15) is 36.3 Å². The Balaban J connectivity index is 1.78. The number of hydrogen-bond acceptors (Lipinski definition) is 5. The summed E-state index contributed by atoms with van der Waals surface area (Å²) in [6.45, 7) is 1.39. The lowest BCUT2D eigenvalue weighted by molar-refractivity contribution is -0.143. The van der Waals surface area contributed by atoms with Crippen molar-refractivity contribution in [2.45, 2.75) is 68.4 Å². The summed E-state index contributed by atoms with van der Waals surface area (Å²) in [5, 5.41) is 14.7. The molecule has 0 spiro atoms. The van der Waals surface area contributed by atoms with Crippen molar-refractivity contribution < 1.29 is 31.5 Å². The van der Waals surface area contributed by atoms with E-state index in [0.29, 0.717) is 0 Å². The van der Waals surface area contributed by atoms with Gasteiger partial charge in [-0.3, -0.25) is 9.36 Å². The molecule has 1 saturated carbocycles. The highest BCUT2D eigenvalue weighted by molar-refractivity contribution is 7.89. The van der Waals surface area contributed by atoms with Gasteiger partial charge in [-0.15, -0.1) is 0 Å². The van der Waals surface area contributed by atoms with Crippen LogP contribution in [0.4, 0.5) is 18.9 Å². The number of aliphatic carboxylic acids is 1. The van der Waals surface area contributed by atoms with E-state index in [1.54, 1.807) is 0 Å². The molecule has 0 saturated heterocycles. The van der Waals surface area contributed by atoms with Crippen molar-refractivity contribution in [1.29, 1.82) is 0 Å². The molecule has 0 amide bonds. The summed E-state index contributed by atoms with van der Waals surface area (Å²) in [5.41, 5.74) is -1.12. The van der Waals surface area contributed by atoms with Gasteiger partial charge in [-0.2, -0.15) is 17.5 Å². The van der Waals surface area contributed by atoms with Crippen LogP contribution in [0.25, 0.3) is 21.9 Å². The fourth-order valence-electron chi connectivity index (χ4n) is 6.69. The maximum atomic E-state index is 14.5. The molecule has 0 bridgehead atoms. The second-order valence-electron chi connectivity index (χ2n) is 11.8. The first-order valence-corrected chi connectivity index (χ1v) is 16.2. The van der Waals surface area contributed by atoms with Gasteiger partial charge in [0.15, 0.2) is 11.1 Å². The van der Waals surface area contributed by atoms with Crippen molar-refractivity contribution >= 4 is 32.5 Å². The SMILES string of the molecule is CC1C(C(=O)O)n2c(c(-c3cccc(C(F)(F)F)c3)c(Cc3cccc4ccccc34)c(NC3CCCC3)c2=O)S(=O)(=O)N1C. The Kier molecular flexibility index (Phi) is 7.77. The maximum absolute atomic E-state index is 14.5. The number of fused-ring (bicyclic) bond motifs is 2. The summed E-state index contributed by atoms with van der Waals surface area (Å²) in [5.74, 6) is -1.43. The predicted molar refractivity (Wildman–Crippen MR) is 165 cm³/mol. The predicted octanol–water partition coefficient (Wildman–Crippen LogP) is 6.28. The molecule has 1 aliphatic carbocycles. The molecular weight excluding hydrogens is 607 g/mol. The molecule has 2 heterocycles. The monoisotopic (exact) mass is 639 g/mol. The highest BCUT2D eigenvalue weighted by Crippen LogP contribution is 2.43. The number of likely N-dealkylation sites (N-methyl/N-ethyl adjacent to an activating group) is 1. The Labute approximate surface area is 258 Å². The van der Waals surface area contributed by atoms with Crippen LogP contribution in [-0.2, 0) is 27.4 Å². The van der Waals surface area contributed by atoms with Crippen LogP contribution in [0.2, 0.25) is 0 Å². The molecular formula is C33H32F3N3O5S. The molecule has 8 nitrogen and oxygen atoms in total. The summed E-state index contributed by atoms with van der Waals surface area (Å²) < 4.78 is 72.1. The molecule has 1 aliphatic heterocycles. The summed E-state index contributed by atoms with van der Waals surface area (Å²) in [6.07, 6.45) is -1.48. The van der Waals surface area contributed by atoms with Gasteiger partial charge in [0.2, 0.25) is 0 Å². The zero-order valence-electron chi connectivity index (χ0n) is 24.6. The first-order valence-electron chi connectivity index (χ1n) is 14.7. The van der Waals surface area contributed by atoms with Crippen molar-refractivity contribution in [2.75, 3.05) is 12.4 Å². The third-order valence-electron chi connectivity index (χ3n) is 9.08. The van der Waals surface area contributed by atoms with Gasteiger partial charge < -0.3 is 10.4 Å². The van der Waals surface area contributed by atoms with Gasteiger partial charge in [-0.25, -0.2) is 13.2 Å². The Morgan fingerprint density at radius 1 is 1.02 bits per heavy atom. The normalized spacial score (nSPS) is 20.3. The number of sulfonamides is 1. The standard InChI is InChI=1S/C33H32F3N3O5S/c1-19-29(32(41)42)39-30(40)28(37-24-14-4-5-15-24)26(18-21-11-7-10-20-9-3-6-16-25(20)21)27(31(39)45(43,44)38(19)2)22-12-8-13-23(17-22)33(34,35)36/h3,6-13,16-17,19,24,29,37H,4-5,14-15,18H2,1-2H3,(H,41,42). The van der Waals surface area contributed by atoms with Crippen molar-refractivity contribution in [2.24, 2.45) is 0 Å². The van der Waals surface area contributed by atoms with Gasteiger partial charge >= 0.3 is 12.1 Å². The van der Waals surface area contributed by atoms with Crippen LogP contribution < -0.4 is 10.9 Å². The van der Waals surface area contributed by atoms with E-state index in [2.05, 4.69) is 5.32 Å². The number of carboxylic acids is 1. The molecule has 0 radical (unpaired) electrons. The van der Waals surface area contributed by atoms with Gasteiger partial charge in [0.1, 0.15) is 5.69 Å². The molecule has 6 rings (SSSR count). The molecule has 1 fully saturated rings. The maximum Gasteiger partial charge on any atom is 0.416 e. The first-order chi connectivity index (χ1) is 21.3. The summed E-state index contributed by atoms with van der Waals surface area (Å²) >= 11 is 0. The van der Waals surface area contributed by atoms with Gasteiger partial charge in [0, 0.05) is 25.1 Å². The summed E-state index contributed by atoms with van der Waals surface area (Å²) in [7, 11) is -3.35. The molecule has 2 N–H and O–H groups in total. The lowest BCUT2D eigenvalue weighted by Gasteiger charge is -2.39. The van der Waals surface area contributed by atoms with Crippen molar-refractivity contribution in [3.63, 3.8) is 0 Å². The number of hydrogen-bond donors (Lipinski definition) is 2. The molecule has 1 aromatic heterocycles. The minimum absolute atomic E-state index is 0.00239. The minimum Gasteiger partial charge on any atom is -0.480 e. The van der Waals surface area contributed by atoms with Crippen LogP contribution in [0.3, 0.4) is 0 Å². The molecule has 236 valence electrons. The molecule has 45 heavy (non-hydrogen) atoms. The number of halogens is 3. The fourth-order valence-corrected chi connectivity index (χ4v) is 8.46. The average molecular weight is 640 g/mol. The highest BCUT2D eigenvalue weighted by Gasteiger charge is 2.47. The highest BCUT2D eigenvalue weighted by atomic mass is 32.2. The Hall–Kier alpha value is -4.16. The topological polar surface area (TPSA) is 109 Å². The molecule has 2 unspecified atom stereocenters. The second-order valence-corrected chi connectivity index (χ2v) is 13.7. The van der Waals surface area contributed by atoms with Crippen LogP contribution in [-0.4, -0.2) is 47.5 Å². The lowest BCUT2D eigenvalue weighted by atomic mass is 9.91. The van der Waals surface area contributed by atoms with E-state index in [0.717, 1.165) is 63.0 Å². The fraction of sp³-hybridized carbons (Fsp3) is 0.333. The zero-order chi connectivity index (χ0) is 32.3. The number of carbonyl (C=O) groups is 1. The van der Waals surface area contributed by atoms with Gasteiger partial charge in [0.05, 0.1) is 11.6 Å². The zero-order valence-corrected chi connectivity index (χ0v) is 25.5. The van der Waals surface area contributed by atoms with Gasteiger partial charge in [-0.1, -0.05) is 67.4 Å². The largest absolute Gasteiger partial charge is 0.480 e. The van der Waals surface area contributed by atoms with Crippen LogP contribution in [0.5, 0.6) is 0 Å². The van der Waals surface area contributed by atoms with E-state index < -0.39 is 50.4 Å². The number of nitrogens with one attached hydrogen (secondary N) is 1. The smallest absolute Gasteiger partial charge is 0.416 e. The summed E-state index contributed by atoms with van der Waals surface area (Å²) in [4.78, 5) is 27.2. The van der Waals surface area contributed by atoms with E-state index >= 15 is 0 Å². The Morgan fingerprint density at radius 2 is 1.69 bits per heavy atom. The molecule has 2 atom stereocenters. The Bertz CT molecular complexity index is 1980. The second kappa shape index (κ2) is 11.3. The number of nitrogens with zero attached hydrogens (tertiary/aromatic N) is 2. The number of alkyl halides is 3. The summed E-state index contributed by atoms with van der Waals surface area (Å²) in [6, 6.07) is 14.4. The average Bonchev–Trinajstić information content (AvgIpc) is 3.51. The number of benzene rings is 3. The van der Waals surface area contributed by atoms with Crippen LogP contribution >= 0.6 is 0 Å². The number of pyridine rings is 1. The molecule has 2 aliphatic rings. The molecule has 3 aromatic carbocycles. The molecule has 4 aromatic rings. The van der Waals surface area contributed by atoms with Crippen molar-refractivity contribution in [3.05, 3.63) is 93.8 Å².